The van der Waals surface area contributed by atoms with Crippen molar-refractivity contribution in [2.45, 2.75) is 38.6 Å². The molecular formula is C14H22N2O2. The number of pyridine rings is 1. The number of ether oxygens (including phenoxy) is 1. The summed E-state index contributed by atoms with van der Waals surface area (Å²) in [6.07, 6.45) is 8.21. The van der Waals surface area contributed by atoms with Gasteiger partial charge in [0, 0.05) is 24.5 Å². The number of hydrogen-bond donors (Lipinski definition) is 1. The Morgan fingerprint density at radius 2 is 1.89 bits per heavy atom. The van der Waals surface area contributed by atoms with Gasteiger partial charge in [0.25, 0.3) is 0 Å². The number of likely N-dealkylation sites (tertiary alicyclic amines) is 1. The van der Waals surface area contributed by atoms with Crippen LogP contribution in [0.25, 0.3) is 0 Å². The summed E-state index contributed by atoms with van der Waals surface area (Å²) in [5, 5.41) is 0. The molecule has 1 aliphatic heterocycles. The molecule has 4 heteroatoms. The van der Waals surface area contributed by atoms with Crippen LogP contribution in [0.4, 0.5) is 0 Å². The fraction of sp³-hybridized carbons (Fsp3) is 0.643. The Morgan fingerprint density at radius 3 is 2.50 bits per heavy atom. The van der Waals surface area contributed by atoms with Crippen LogP contribution in [0.5, 0.6) is 5.75 Å². The van der Waals surface area contributed by atoms with Gasteiger partial charge in [0.15, 0.2) is 5.75 Å². The largest absolute Gasteiger partial charge is 0.491 e. The number of H-pyrrole nitrogens is 1. The third kappa shape index (κ3) is 3.60. The van der Waals surface area contributed by atoms with Crippen LogP contribution in [0.1, 0.15) is 37.8 Å². The highest BCUT2D eigenvalue weighted by atomic mass is 16.5. The lowest BCUT2D eigenvalue weighted by molar-refractivity contribution is 0.237. The molecule has 1 saturated heterocycles. The predicted octanol–water partition coefficient (Wildman–Crippen LogP) is 2.15. The topological polar surface area (TPSA) is 45.3 Å². The van der Waals surface area contributed by atoms with E-state index in [1.807, 2.05) is 0 Å². The van der Waals surface area contributed by atoms with Crippen molar-refractivity contribution < 1.29 is 4.74 Å². The fourth-order valence-corrected chi connectivity index (χ4v) is 2.46. The molecule has 18 heavy (non-hydrogen) atoms. The van der Waals surface area contributed by atoms with Crippen molar-refractivity contribution in [2.75, 3.05) is 20.2 Å². The van der Waals surface area contributed by atoms with E-state index in [1.54, 1.807) is 12.3 Å². The Bertz CT molecular complexity index is 420. The number of nitrogens with zero attached hydrogens (tertiary/aromatic N) is 1. The Hall–Kier alpha value is -1.29. The standard InChI is InChI=1S/C14H22N2O2/c1-18-14-10-15-12(9-13(14)17)11-16-7-5-3-2-4-6-8-16/h9-10H,2-8,11H2,1H3,(H,15,17). The van der Waals surface area contributed by atoms with Crippen molar-refractivity contribution in [3.8, 4) is 5.75 Å². The minimum Gasteiger partial charge on any atom is -0.491 e. The summed E-state index contributed by atoms with van der Waals surface area (Å²) in [5.41, 5.74) is 0.930. The Kier molecular flexibility index (Phi) is 4.81. The minimum absolute atomic E-state index is 0.0432. The van der Waals surface area contributed by atoms with Crippen LogP contribution in [0.3, 0.4) is 0 Å². The number of methoxy groups -OCH3 is 1. The van der Waals surface area contributed by atoms with E-state index in [-0.39, 0.29) is 5.43 Å². The monoisotopic (exact) mass is 250 g/mol. The van der Waals surface area contributed by atoms with Gasteiger partial charge in [0.1, 0.15) is 0 Å². The van der Waals surface area contributed by atoms with Gasteiger partial charge in [-0.15, -0.1) is 0 Å². The Balaban J connectivity index is 1.99. The van der Waals surface area contributed by atoms with Gasteiger partial charge in [-0.05, 0) is 25.9 Å². The number of aromatic amines is 1. The Labute approximate surface area is 108 Å². The van der Waals surface area contributed by atoms with Crippen LogP contribution in [0.15, 0.2) is 17.1 Å². The molecule has 2 rings (SSSR count). The van der Waals surface area contributed by atoms with E-state index in [4.69, 9.17) is 4.74 Å². The van der Waals surface area contributed by atoms with E-state index in [2.05, 4.69) is 9.88 Å². The van der Waals surface area contributed by atoms with Crippen LogP contribution < -0.4 is 10.2 Å². The molecule has 4 nitrogen and oxygen atoms in total. The third-order valence-corrected chi connectivity index (χ3v) is 3.50. The summed E-state index contributed by atoms with van der Waals surface area (Å²) in [4.78, 5) is 17.2. The highest BCUT2D eigenvalue weighted by molar-refractivity contribution is 5.20. The first-order valence-corrected chi connectivity index (χ1v) is 6.77. The average Bonchev–Trinajstić information content (AvgIpc) is 2.33. The van der Waals surface area contributed by atoms with Crippen molar-refractivity contribution in [1.82, 2.24) is 9.88 Å². The molecule has 0 atom stereocenters. The predicted molar refractivity (Wildman–Crippen MR) is 72.0 cm³/mol. The van der Waals surface area contributed by atoms with Gasteiger partial charge >= 0.3 is 0 Å². The summed E-state index contributed by atoms with van der Waals surface area (Å²) < 4.78 is 4.97. The lowest BCUT2D eigenvalue weighted by Crippen LogP contribution is -2.27. The molecule has 1 aliphatic rings. The Morgan fingerprint density at radius 1 is 1.22 bits per heavy atom. The van der Waals surface area contributed by atoms with E-state index in [0.717, 1.165) is 25.3 Å². The summed E-state index contributed by atoms with van der Waals surface area (Å²) in [6.45, 7) is 3.10. The smallest absolute Gasteiger partial charge is 0.223 e. The van der Waals surface area contributed by atoms with E-state index < -0.39 is 0 Å². The molecule has 0 aromatic carbocycles. The SMILES string of the molecule is COc1c[nH]c(CN2CCCCCCC2)cc1=O. The van der Waals surface area contributed by atoms with Crippen molar-refractivity contribution in [2.24, 2.45) is 0 Å². The summed E-state index contributed by atoms with van der Waals surface area (Å²) in [5.74, 6) is 0.381. The summed E-state index contributed by atoms with van der Waals surface area (Å²) in [6, 6.07) is 1.65. The van der Waals surface area contributed by atoms with Crippen molar-refractivity contribution >= 4 is 0 Å². The number of nitrogens with one attached hydrogen (secondary N) is 1. The number of aromatic nitrogens is 1. The summed E-state index contributed by atoms with van der Waals surface area (Å²) in [7, 11) is 1.52. The summed E-state index contributed by atoms with van der Waals surface area (Å²) >= 11 is 0. The maximum Gasteiger partial charge on any atom is 0.223 e. The zero-order valence-electron chi connectivity index (χ0n) is 11.1. The molecule has 1 aromatic heterocycles. The van der Waals surface area contributed by atoms with Gasteiger partial charge in [-0.1, -0.05) is 19.3 Å². The van der Waals surface area contributed by atoms with Crippen molar-refractivity contribution in [3.05, 3.63) is 28.2 Å². The molecule has 0 unspecified atom stereocenters. The van der Waals surface area contributed by atoms with Gasteiger partial charge in [-0.2, -0.15) is 0 Å². The quantitative estimate of drug-likeness (QED) is 0.894. The van der Waals surface area contributed by atoms with E-state index in [0.29, 0.717) is 5.75 Å². The molecule has 0 saturated carbocycles. The third-order valence-electron chi connectivity index (χ3n) is 3.50. The highest BCUT2D eigenvalue weighted by Crippen LogP contribution is 2.12. The lowest BCUT2D eigenvalue weighted by atomic mass is 10.1. The molecule has 0 spiro atoms. The van der Waals surface area contributed by atoms with Gasteiger partial charge in [0.05, 0.1) is 7.11 Å². The molecule has 1 N–H and O–H groups in total. The van der Waals surface area contributed by atoms with Crippen LogP contribution in [0.2, 0.25) is 0 Å². The zero-order chi connectivity index (χ0) is 12.8. The zero-order valence-corrected chi connectivity index (χ0v) is 11.1. The van der Waals surface area contributed by atoms with E-state index >= 15 is 0 Å². The van der Waals surface area contributed by atoms with Crippen LogP contribution in [0, 0.1) is 0 Å². The molecule has 1 aromatic rings. The van der Waals surface area contributed by atoms with Crippen LogP contribution >= 0.6 is 0 Å². The van der Waals surface area contributed by atoms with E-state index in [1.165, 1.54) is 39.2 Å². The van der Waals surface area contributed by atoms with Crippen LogP contribution in [-0.2, 0) is 6.54 Å². The molecular weight excluding hydrogens is 228 g/mol. The van der Waals surface area contributed by atoms with Gasteiger partial charge in [-0.25, -0.2) is 0 Å². The second-order valence-corrected chi connectivity index (χ2v) is 4.93. The molecule has 0 amide bonds. The van der Waals surface area contributed by atoms with Gasteiger partial charge in [-0.3, -0.25) is 9.69 Å². The molecule has 100 valence electrons. The first kappa shape index (κ1) is 13.1. The average molecular weight is 250 g/mol. The second kappa shape index (κ2) is 6.59. The van der Waals surface area contributed by atoms with Gasteiger partial charge < -0.3 is 9.72 Å². The van der Waals surface area contributed by atoms with E-state index in [9.17, 15) is 4.79 Å². The van der Waals surface area contributed by atoms with Crippen molar-refractivity contribution in [3.63, 3.8) is 0 Å². The second-order valence-electron chi connectivity index (χ2n) is 4.93. The van der Waals surface area contributed by atoms with Gasteiger partial charge in [0.2, 0.25) is 5.43 Å². The number of hydrogen-bond acceptors (Lipinski definition) is 3. The minimum atomic E-state index is -0.0432. The molecule has 1 fully saturated rings. The lowest BCUT2D eigenvalue weighted by Gasteiger charge is -2.24. The molecule has 0 bridgehead atoms. The first-order valence-electron chi connectivity index (χ1n) is 6.77. The molecule has 0 radical (unpaired) electrons. The number of rotatable bonds is 3. The van der Waals surface area contributed by atoms with Crippen molar-refractivity contribution in [1.29, 1.82) is 0 Å². The normalized spacial score (nSPS) is 18.1. The molecule has 2 heterocycles. The first-order chi connectivity index (χ1) is 8.79. The van der Waals surface area contributed by atoms with Crippen LogP contribution in [-0.4, -0.2) is 30.1 Å². The highest BCUT2D eigenvalue weighted by Gasteiger charge is 2.10. The fourth-order valence-electron chi connectivity index (χ4n) is 2.46. The maximum absolute atomic E-state index is 11.7. The maximum atomic E-state index is 11.7. The molecule has 0 aliphatic carbocycles.